The first-order chi connectivity index (χ1) is 13.2. The number of likely N-dealkylation sites (tertiary alicyclic amines) is 1. The highest BCUT2D eigenvalue weighted by molar-refractivity contribution is 5.78. The topological polar surface area (TPSA) is 58.0 Å². The summed E-state index contributed by atoms with van der Waals surface area (Å²) >= 11 is 0. The van der Waals surface area contributed by atoms with E-state index in [0.717, 1.165) is 75.5 Å². The highest BCUT2D eigenvalue weighted by atomic mass is 16.5. The normalized spacial score (nSPS) is 20.7. The second kappa shape index (κ2) is 8.31. The zero-order valence-corrected chi connectivity index (χ0v) is 16.0. The Morgan fingerprint density at radius 2 is 1.93 bits per heavy atom. The van der Waals surface area contributed by atoms with Gasteiger partial charge in [0.15, 0.2) is 0 Å². The van der Waals surface area contributed by atoms with Gasteiger partial charge >= 0.3 is 6.03 Å². The minimum absolute atomic E-state index is 0.00720. The zero-order valence-electron chi connectivity index (χ0n) is 16.0. The van der Waals surface area contributed by atoms with Gasteiger partial charge in [-0.3, -0.25) is 4.90 Å². The molecule has 0 aliphatic carbocycles. The summed E-state index contributed by atoms with van der Waals surface area (Å²) in [4.78, 5) is 17.1. The average Bonchev–Trinajstić information content (AvgIpc) is 3.14. The number of urea groups is 1. The SMILES string of the molecule is CC(NC(=O)N1CCC(CN2CCOCC2)CC1)c1cc2ccccc2o1. The third kappa shape index (κ3) is 4.45. The molecule has 4 rings (SSSR count). The van der Waals surface area contributed by atoms with Crippen LogP contribution in [0, 0.1) is 5.92 Å². The lowest BCUT2D eigenvalue weighted by atomic mass is 9.96. The summed E-state index contributed by atoms with van der Waals surface area (Å²) in [7, 11) is 0. The van der Waals surface area contributed by atoms with Crippen LogP contribution in [-0.2, 0) is 4.74 Å². The van der Waals surface area contributed by atoms with Crippen molar-refractivity contribution in [2.24, 2.45) is 5.92 Å². The number of piperidine rings is 1. The van der Waals surface area contributed by atoms with Crippen molar-refractivity contribution in [2.75, 3.05) is 45.9 Å². The van der Waals surface area contributed by atoms with Crippen molar-refractivity contribution < 1.29 is 13.9 Å². The Bertz CT molecular complexity index is 728. The molecule has 2 aliphatic heterocycles. The molecule has 2 amide bonds. The smallest absolute Gasteiger partial charge is 0.317 e. The van der Waals surface area contributed by atoms with Crippen LogP contribution in [0.5, 0.6) is 0 Å². The Labute approximate surface area is 160 Å². The number of para-hydroxylation sites is 1. The van der Waals surface area contributed by atoms with Crippen LogP contribution in [-0.4, -0.2) is 61.8 Å². The second-order valence-corrected chi connectivity index (χ2v) is 7.70. The van der Waals surface area contributed by atoms with E-state index in [1.54, 1.807) is 0 Å². The molecular weight excluding hydrogens is 342 g/mol. The largest absolute Gasteiger partial charge is 0.459 e. The molecule has 1 unspecified atom stereocenters. The van der Waals surface area contributed by atoms with E-state index >= 15 is 0 Å². The molecule has 1 aromatic heterocycles. The number of furan rings is 1. The Balaban J connectivity index is 1.26. The number of benzene rings is 1. The average molecular weight is 371 g/mol. The molecule has 2 aliphatic rings. The standard InChI is InChI=1S/C21H29N3O3/c1-16(20-14-18-4-2-3-5-19(18)27-20)22-21(25)24-8-6-17(7-9-24)15-23-10-12-26-13-11-23/h2-5,14,16-17H,6-13,15H2,1H3,(H,22,25). The molecule has 0 bridgehead atoms. The summed E-state index contributed by atoms with van der Waals surface area (Å²) < 4.78 is 11.3. The number of hydrogen-bond acceptors (Lipinski definition) is 4. The third-order valence-electron chi connectivity index (χ3n) is 5.73. The van der Waals surface area contributed by atoms with E-state index in [1.165, 1.54) is 0 Å². The lowest BCUT2D eigenvalue weighted by molar-refractivity contribution is 0.0258. The first-order valence-corrected chi connectivity index (χ1v) is 10.0. The Morgan fingerprint density at radius 1 is 1.19 bits per heavy atom. The van der Waals surface area contributed by atoms with Gasteiger partial charge in [-0.2, -0.15) is 0 Å². The Kier molecular flexibility index (Phi) is 5.64. The molecular formula is C21H29N3O3. The predicted octanol–water partition coefficient (Wildman–Crippen LogP) is 3.25. The lowest BCUT2D eigenvalue weighted by Crippen LogP contribution is -2.47. The van der Waals surface area contributed by atoms with Gasteiger partial charge in [0.25, 0.3) is 0 Å². The quantitative estimate of drug-likeness (QED) is 0.896. The van der Waals surface area contributed by atoms with Crippen molar-refractivity contribution in [3.8, 4) is 0 Å². The summed E-state index contributed by atoms with van der Waals surface area (Å²) in [5, 5.41) is 4.16. The molecule has 1 aromatic carbocycles. The number of amides is 2. The minimum Gasteiger partial charge on any atom is -0.459 e. The van der Waals surface area contributed by atoms with Gasteiger partial charge in [-0.1, -0.05) is 18.2 Å². The number of nitrogens with one attached hydrogen (secondary N) is 1. The number of morpholine rings is 1. The van der Waals surface area contributed by atoms with Crippen LogP contribution in [0.2, 0.25) is 0 Å². The van der Waals surface area contributed by atoms with E-state index < -0.39 is 0 Å². The second-order valence-electron chi connectivity index (χ2n) is 7.70. The van der Waals surface area contributed by atoms with Gasteiger partial charge in [-0.05, 0) is 37.8 Å². The summed E-state index contributed by atoms with van der Waals surface area (Å²) in [5.74, 6) is 1.48. The van der Waals surface area contributed by atoms with Gasteiger partial charge < -0.3 is 19.4 Å². The number of carbonyl (C=O) groups is 1. The van der Waals surface area contributed by atoms with E-state index in [9.17, 15) is 4.79 Å². The fourth-order valence-corrected chi connectivity index (χ4v) is 4.03. The molecule has 0 radical (unpaired) electrons. The van der Waals surface area contributed by atoms with Gasteiger partial charge in [0.1, 0.15) is 11.3 Å². The Hall–Kier alpha value is -2.05. The summed E-state index contributed by atoms with van der Waals surface area (Å²) in [5.41, 5.74) is 0.859. The van der Waals surface area contributed by atoms with Gasteiger partial charge in [-0.25, -0.2) is 4.79 Å². The number of carbonyl (C=O) groups excluding carboxylic acids is 1. The van der Waals surface area contributed by atoms with Gasteiger partial charge in [0.05, 0.1) is 19.3 Å². The molecule has 3 heterocycles. The van der Waals surface area contributed by atoms with E-state index in [4.69, 9.17) is 9.15 Å². The molecule has 2 fully saturated rings. The predicted molar refractivity (Wildman–Crippen MR) is 105 cm³/mol. The molecule has 6 heteroatoms. The van der Waals surface area contributed by atoms with Gasteiger partial charge in [-0.15, -0.1) is 0 Å². The lowest BCUT2D eigenvalue weighted by Gasteiger charge is -2.36. The zero-order chi connectivity index (χ0) is 18.6. The third-order valence-corrected chi connectivity index (χ3v) is 5.73. The number of ether oxygens (including phenoxy) is 1. The van der Waals surface area contributed by atoms with Crippen LogP contribution in [0.4, 0.5) is 4.79 Å². The molecule has 1 atom stereocenters. The number of nitrogens with zero attached hydrogens (tertiary/aromatic N) is 2. The van der Waals surface area contributed by atoms with Crippen LogP contribution in [0.15, 0.2) is 34.7 Å². The summed E-state index contributed by atoms with van der Waals surface area (Å²) in [6.07, 6.45) is 2.15. The number of fused-ring (bicyclic) bond motifs is 1. The van der Waals surface area contributed by atoms with Gasteiger partial charge in [0.2, 0.25) is 0 Å². The highest BCUT2D eigenvalue weighted by Crippen LogP contribution is 2.24. The molecule has 0 spiro atoms. The van der Waals surface area contributed by atoms with Crippen molar-refractivity contribution in [3.05, 3.63) is 36.1 Å². The highest BCUT2D eigenvalue weighted by Gasteiger charge is 2.26. The van der Waals surface area contributed by atoms with Crippen molar-refractivity contribution in [2.45, 2.75) is 25.8 Å². The number of rotatable bonds is 4. The van der Waals surface area contributed by atoms with E-state index in [-0.39, 0.29) is 12.1 Å². The van der Waals surface area contributed by atoms with Crippen LogP contribution in [0.1, 0.15) is 31.6 Å². The molecule has 0 saturated carbocycles. The van der Waals surface area contributed by atoms with Crippen LogP contribution < -0.4 is 5.32 Å². The minimum atomic E-state index is -0.143. The van der Waals surface area contributed by atoms with Crippen LogP contribution >= 0.6 is 0 Å². The summed E-state index contributed by atoms with van der Waals surface area (Å²) in [6.45, 7) is 8.53. The van der Waals surface area contributed by atoms with Crippen molar-refractivity contribution in [3.63, 3.8) is 0 Å². The number of hydrogen-bond donors (Lipinski definition) is 1. The Morgan fingerprint density at radius 3 is 2.67 bits per heavy atom. The fourth-order valence-electron chi connectivity index (χ4n) is 4.03. The van der Waals surface area contributed by atoms with Crippen molar-refractivity contribution in [1.82, 2.24) is 15.1 Å². The van der Waals surface area contributed by atoms with E-state index in [0.29, 0.717) is 5.92 Å². The molecule has 146 valence electrons. The van der Waals surface area contributed by atoms with Crippen molar-refractivity contribution >= 4 is 17.0 Å². The maximum absolute atomic E-state index is 12.6. The van der Waals surface area contributed by atoms with Crippen molar-refractivity contribution in [1.29, 1.82) is 0 Å². The van der Waals surface area contributed by atoms with Crippen LogP contribution in [0.25, 0.3) is 11.0 Å². The van der Waals surface area contributed by atoms with Crippen LogP contribution in [0.3, 0.4) is 0 Å². The maximum atomic E-state index is 12.6. The molecule has 27 heavy (non-hydrogen) atoms. The molecule has 2 saturated heterocycles. The molecule has 2 aromatic rings. The monoisotopic (exact) mass is 371 g/mol. The maximum Gasteiger partial charge on any atom is 0.317 e. The van der Waals surface area contributed by atoms with Gasteiger partial charge in [0, 0.05) is 38.1 Å². The summed E-state index contributed by atoms with van der Waals surface area (Å²) in [6, 6.07) is 9.80. The fraction of sp³-hybridized carbons (Fsp3) is 0.571. The van der Waals surface area contributed by atoms with E-state index in [1.807, 2.05) is 42.2 Å². The first-order valence-electron chi connectivity index (χ1n) is 10.0. The molecule has 1 N–H and O–H groups in total. The molecule has 6 nitrogen and oxygen atoms in total. The first kappa shape index (κ1) is 18.3. The van der Waals surface area contributed by atoms with E-state index in [2.05, 4.69) is 10.2 Å².